The number of carbonyl (C=O) groups excluding carboxylic acids is 1. The van der Waals surface area contributed by atoms with Gasteiger partial charge < -0.3 is 10.1 Å². The fourth-order valence-electron chi connectivity index (χ4n) is 3.75. The predicted molar refractivity (Wildman–Crippen MR) is 141 cm³/mol. The molecule has 6 nitrogen and oxygen atoms in total. The number of amides is 1. The number of halogens is 1. The molecule has 0 aliphatic carbocycles. The van der Waals surface area contributed by atoms with Gasteiger partial charge in [0.15, 0.2) is 5.11 Å². The van der Waals surface area contributed by atoms with E-state index in [0.717, 1.165) is 32.7 Å². The van der Waals surface area contributed by atoms with Crippen LogP contribution in [0.25, 0.3) is 23.0 Å². The number of carbonyl (C=O) groups is 1. The lowest BCUT2D eigenvalue weighted by molar-refractivity contribution is -0.113. The minimum Gasteiger partial charge on any atom is -0.496 e. The van der Waals surface area contributed by atoms with Crippen molar-refractivity contribution in [1.29, 1.82) is 0 Å². The number of anilines is 1. The molecular weight excluding hydrogens is 512 g/mol. The van der Waals surface area contributed by atoms with Crippen molar-refractivity contribution in [3.8, 4) is 22.7 Å². The number of benzene rings is 3. The van der Waals surface area contributed by atoms with Gasteiger partial charge in [0.25, 0.3) is 5.91 Å². The molecule has 1 aromatic heterocycles. The lowest BCUT2D eigenvalue weighted by Gasteiger charge is -2.13. The SMILES string of the molecule is COc1ccc(-c2nn(-c3ccccc3)cc2/C=C2\NC(=S)N(c3ccccc3)C2=O)cc1Br. The zero-order valence-electron chi connectivity index (χ0n) is 18.1. The summed E-state index contributed by atoms with van der Waals surface area (Å²) < 4.78 is 7.98. The molecule has 0 spiro atoms. The Morgan fingerprint density at radius 2 is 1.68 bits per heavy atom. The number of aromatic nitrogens is 2. The fraction of sp³-hybridized carbons (Fsp3) is 0.0385. The van der Waals surface area contributed by atoms with Crippen molar-refractivity contribution in [3.05, 3.63) is 101 Å². The smallest absolute Gasteiger partial charge is 0.281 e. The minimum atomic E-state index is -0.217. The molecule has 0 radical (unpaired) electrons. The van der Waals surface area contributed by atoms with Crippen molar-refractivity contribution in [2.75, 3.05) is 12.0 Å². The Morgan fingerprint density at radius 1 is 1.00 bits per heavy atom. The molecule has 0 saturated carbocycles. The van der Waals surface area contributed by atoms with Crippen molar-refractivity contribution in [3.63, 3.8) is 0 Å². The van der Waals surface area contributed by atoms with Crippen LogP contribution >= 0.6 is 28.1 Å². The number of hydrogen-bond acceptors (Lipinski definition) is 4. The van der Waals surface area contributed by atoms with Crippen LogP contribution in [0.5, 0.6) is 5.75 Å². The molecule has 0 unspecified atom stereocenters. The normalized spacial score (nSPS) is 14.5. The van der Waals surface area contributed by atoms with E-state index in [-0.39, 0.29) is 5.91 Å². The van der Waals surface area contributed by atoms with E-state index in [9.17, 15) is 4.79 Å². The van der Waals surface area contributed by atoms with Gasteiger partial charge in [-0.15, -0.1) is 0 Å². The van der Waals surface area contributed by atoms with Gasteiger partial charge in [-0.25, -0.2) is 4.68 Å². The summed E-state index contributed by atoms with van der Waals surface area (Å²) in [6.45, 7) is 0. The summed E-state index contributed by atoms with van der Waals surface area (Å²) in [6.07, 6.45) is 3.69. The molecule has 1 fully saturated rings. The summed E-state index contributed by atoms with van der Waals surface area (Å²) in [5.74, 6) is 0.508. The Labute approximate surface area is 210 Å². The van der Waals surface area contributed by atoms with Crippen molar-refractivity contribution in [2.45, 2.75) is 0 Å². The Bertz CT molecular complexity index is 1420. The van der Waals surface area contributed by atoms with Crippen LogP contribution in [0.1, 0.15) is 5.56 Å². The topological polar surface area (TPSA) is 59.4 Å². The van der Waals surface area contributed by atoms with E-state index in [1.807, 2.05) is 85.1 Å². The number of thiocarbonyl (C=S) groups is 1. The number of ether oxygens (including phenoxy) is 1. The van der Waals surface area contributed by atoms with Gasteiger partial charge in [-0.3, -0.25) is 9.69 Å². The lowest BCUT2D eigenvalue weighted by atomic mass is 10.1. The molecule has 0 atom stereocenters. The van der Waals surface area contributed by atoms with E-state index < -0.39 is 0 Å². The maximum Gasteiger partial charge on any atom is 0.281 e. The molecule has 1 amide bonds. The largest absolute Gasteiger partial charge is 0.496 e. The highest BCUT2D eigenvalue weighted by Gasteiger charge is 2.32. The molecular formula is C26H19BrN4O2S. The first-order valence-corrected chi connectivity index (χ1v) is 11.7. The number of hydrogen-bond donors (Lipinski definition) is 1. The second-order valence-electron chi connectivity index (χ2n) is 7.53. The van der Waals surface area contributed by atoms with Gasteiger partial charge >= 0.3 is 0 Å². The summed E-state index contributed by atoms with van der Waals surface area (Å²) >= 11 is 9.01. The van der Waals surface area contributed by atoms with E-state index in [4.69, 9.17) is 22.1 Å². The third kappa shape index (κ3) is 4.13. The maximum absolute atomic E-state index is 13.2. The first kappa shape index (κ1) is 22.1. The van der Waals surface area contributed by atoms with Gasteiger partial charge in [-0.2, -0.15) is 5.10 Å². The molecule has 34 heavy (non-hydrogen) atoms. The average molecular weight is 531 g/mol. The molecule has 2 heterocycles. The molecule has 1 N–H and O–H groups in total. The van der Waals surface area contributed by atoms with Crippen LogP contribution in [-0.4, -0.2) is 27.9 Å². The lowest BCUT2D eigenvalue weighted by Crippen LogP contribution is -2.30. The molecule has 8 heteroatoms. The molecule has 0 bridgehead atoms. The third-order valence-corrected chi connectivity index (χ3v) is 6.29. The zero-order valence-corrected chi connectivity index (χ0v) is 20.5. The van der Waals surface area contributed by atoms with Crippen molar-refractivity contribution in [1.82, 2.24) is 15.1 Å². The van der Waals surface area contributed by atoms with Crippen LogP contribution in [0.2, 0.25) is 0 Å². The van der Waals surface area contributed by atoms with E-state index in [0.29, 0.717) is 16.5 Å². The second-order valence-corrected chi connectivity index (χ2v) is 8.77. The van der Waals surface area contributed by atoms with Gasteiger partial charge in [0.1, 0.15) is 17.1 Å². The Balaban J connectivity index is 1.60. The van der Waals surface area contributed by atoms with Crippen LogP contribution in [-0.2, 0) is 4.79 Å². The minimum absolute atomic E-state index is 0.217. The predicted octanol–water partition coefficient (Wildman–Crippen LogP) is 5.57. The molecule has 1 saturated heterocycles. The summed E-state index contributed by atoms with van der Waals surface area (Å²) in [7, 11) is 1.62. The zero-order chi connectivity index (χ0) is 23.7. The highest BCUT2D eigenvalue weighted by atomic mass is 79.9. The number of nitrogens with one attached hydrogen (secondary N) is 1. The Kier molecular flexibility index (Phi) is 6.00. The van der Waals surface area contributed by atoms with Crippen molar-refractivity contribution >= 4 is 50.9 Å². The highest BCUT2D eigenvalue weighted by molar-refractivity contribution is 9.10. The molecule has 4 aromatic rings. The Morgan fingerprint density at radius 3 is 2.32 bits per heavy atom. The Hall–Kier alpha value is -3.75. The highest BCUT2D eigenvalue weighted by Crippen LogP contribution is 2.33. The van der Waals surface area contributed by atoms with Crippen LogP contribution in [0.3, 0.4) is 0 Å². The number of para-hydroxylation sites is 2. The molecule has 3 aromatic carbocycles. The maximum atomic E-state index is 13.2. The number of nitrogens with zero attached hydrogens (tertiary/aromatic N) is 3. The summed E-state index contributed by atoms with van der Waals surface area (Å²) in [5, 5.41) is 8.24. The quantitative estimate of drug-likeness (QED) is 0.270. The van der Waals surface area contributed by atoms with Crippen LogP contribution in [0.4, 0.5) is 5.69 Å². The standard InChI is InChI=1S/C26H19BrN4O2S/c1-33-23-13-12-17(14-21(23)27)24-18(16-30(29-24)19-8-4-2-5-9-19)15-22-25(32)31(26(34)28-22)20-10-6-3-7-11-20/h2-16H,1H3,(H,28,34)/b22-15-. The van der Waals surface area contributed by atoms with E-state index in [1.54, 1.807) is 17.9 Å². The molecule has 1 aliphatic rings. The van der Waals surface area contributed by atoms with E-state index >= 15 is 0 Å². The van der Waals surface area contributed by atoms with Gasteiger partial charge in [-0.1, -0.05) is 36.4 Å². The van der Waals surface area contributed by atoms with Crippen molar-refractivity contribution < 1.29 is 9.53 Å². The second kappa shape index (κ2) is 9.24. The molecule has 168 valence electrons. The summed E-state index contributed by atoms with van der Waals surface area (Å²) in [5.41, 5.74) is 4.38. The first-order valence-electron chi connectivity index (χ1n) is 10.5. The summed E-state index contributed by atoms with van der Waals surface area (Å²) in [6, 6.07) is 24.9. The van der Waals surface area contributed by atoms with Crippen LogP contribution in [0, 0.1) is 0 Å². The first-order chi connectivity index (χ1) is 16.5. The summed E-state index contributed by atoms with van der Waals surface area (Å²) in [4.78, 5) is 14.7. The average Bonchev–Trinajstić information content (AvgIpc) is 3.40. The fourth-order valence-corrected chi connectivity index (χ4v) is 4.59. The van der Waals surface area contributed by atoms with Crippen LogP contribution in [0.15, 0.2) is 95.2 Å². The van der Waals surface area contributed by atoms with Gasteiger partial charge in [0.2, 0.25) is 0 Å². The van der Waals surface area contributed by atoms with E-state index in [2.05, 4.69) is 21.2 Å². The van der Waals surface area contributed by atoms with Gasteiger partial charge in [0, 0.05) is 17.3 Å². The van der Waals surface area contributed by atoms with Gasteiger partial charge in [0.05, 0.1) is 23.0 Å². The monoisotopic (exact) mass is 530 g/mol. The van der Waals surface area contributed by atoms with Gasteiger partial charge in [-0.05, 0) is 76.7 Å². The molecule has 5 rings (SSSR count). The van der Waals surface area contributed by atoms with Crippen molar-refractivity contribution in [2.24, 2.45) is 0 Å². The van der Waals surface area contributed by atoms with E-state index in [1.165, 1.54) is 4.90 Å². The third-order valence-electron chi connectivity index (χ3n) is 5.38. The van der Waals surface area contributed by atoms with Crippen LogP contribution < -0.4 is 15.0 Å². The molecule has 1 aliphatic heterocycles. The number of methoxy groups -OCH3 is 1. The number of rotatable bonds is 5.